The van der Waals surface area contributed by atoms with Gasteiger partial charge in [0.25, 0.3) is 0 Å². The van der Waals surface area contributed by atoms with E-state index in [9.17, 15) is 15.0 Å². The van der Waals surface area contributed by atoms with Gasteiger partial charge in [0.05, 0.1) is 25.2 Å². The van der Waals surface area contributed by atoms with E-state index in [2.05, 4.69) is 6.92 Å². The molecule has 0 radical (unpaired) electrons. The molecule has 0 aromatic carbocycles. The van der Waals surface area contributed by atoms with E-state index < -0.39 is 24.8 Å². The van der Waals surface area contributed by atoms with Gasteiger partial charge in [0.1, 0.15) is 12.7 Å². The van der Waals surface area contributed by atoms with Crippen molar-refractivity contribution >= 4 is 5.97 Å². The maximum absolute atomic E-state index is 11.5. The molecule has 3 atom stereocenters. The molecule has 29 heavy (non-hydrogen) atoms. The Bertz CT molecular complexity index is 363. The van der Waals surface area contributed by atoms with Gasteiger partial charge < -0.3 is 25.2 Å². The van der Waals surface area contributed by atoms with Gasteiger partial charge in [0, 0.05) is 0 Å². The normalized spacial score (nSPS) is 14.5. The second-order valence-electron chi connectivity index (χ2n) is 8.29. The molecular weight excluding hydrogens is 372 g/mol. The molecule has 4 N–H and O–H groups in total. The highest BCUT2D eigenvalue weighted by atomic mass is 16.5. The van der Waals surface area contributed by atoms with Gasteiger partial charge in [-0.15, -0.1) is 0 Å². The number of carbonyl (C=O) groups is 1. The summed E-state index contributed by atoms with van der Waals surface area (Å²) in [5.41, 5.74) is 0. The fourth-order valence-electron chi connectivity index (χ4n) is 3.37. The Hall–Kier alpha value is -0.690. The second kappa shape index (κ2) is 20.6. The molecule has 0 rings (SSSR count). The molecule has 0 amide bonds. The third-order valence-corrected chi connectivity index (χ3v) is 5.27. The van der Waals surface area contributed by atoms with Crippen LogP contribution >= 0.6 is 0 Å². The summed E-state index contributed by atoms with van der Waals surface area (Å²) in [5, 5.41) is 37.6. The van der Waals surface area contributed by atoms with E-state index in [4.69, 9.17) is 14.9 Å². The van der Waals surface area contributed by atoms with Gasteiger partial charge in [-0.3, -0.25) is 4.79 Å². The Labute approximate surface area is 177 Å². The van der Waals surface area contributed by atoms with Crippen LogP contribution in [0.2, 0.25) is 0 Å². The lowest BCUT2D eigenvalue weighted by Gasteiger charge is -2.13. The van der Waals surface area contributed by atoms with Crippen molar-refractivity contribution in [1.82, 2.24) is 0 Å². The Morgan fingerprint density at radius 2 is 1.14 bits per heavy atom. The van der Waals surface area contributed by atoms with Gasteiger partial charge in [0.2, 0.25) is 0 Å². The molecule has 0 aliphatic rings. The van der Waals surface area contributed by atoms with Crippen LogP contribution in [-0.2, 0) is 9.53 Å². The lowest BCUT2D eigenvalue weighted by atomic mass is 10.0. The number of esters is 1. The van der Waals surface area contributed by atoms with Gasteiger partial charge >= 0.3 is 5.97 Å². The number of rotatable bonds is 21. The fourth-order valence-corrected chi connectivity index (χ4v) is 3.37. The third-order valence-electron chi connectivity index (χ3n) is 5.27. The molecule has 0 aromatic rings. The van der Waals surface area contributed by atoms with Gasteiger partial charge in [-0.25, -0.2) is 0 Å². The molecule has 0 aromatic heterocycles. The van der Waals surface area contributed by atoms with Crippen molar-refractivity contribution in [3.63, 3.8) is 0 Å². The average molecular weight is 419 g/mol. The minimum atomic E-state index is -1.08. The topological polar surface area (TPSA) is 107 Å². The Balaban J connectivity index is 3.44. The first kappa shape index (κ1) is 28.3. The van der Waals surface area contributed by atoms with Gasteiger partial charge in [-0.1, -0.05) is 84.0 Å². The van der Waals surface area contributed by atoms with Crippen molar-refractivity contribution in [2.24, 2.45) is 0 Å². The molecule has 174 valence electrons. The van der Waals surface area contributed by atoms with Crippen LogP contribution in [0.5, 0.6) is 0 Å². The molecule has 0 spiro atoms. The molecule has 0 aliphatic heterocycles. The Morgan fingerprint density at radius 1 is 0.690 bits per heavy atom. The summed E-state index contributed by atoms with van der Waals surface area (Å²) in [6, 6.07) is 0. The first-order chi connectivity index (χ1) is 14.0. The van der Waals surface area contributed by atoms with Crippen LogP contribution in [-0.4, -0.2) is 57.9 Å². The van der Waals surface area contributed by atoms with Crippen LogP contribution in [0.3, 0.4) is 0 Å². The zero-order valence-electron chi connectivity index (χ0n) is 18.6. The zero-order chi connectivity index (χ0) is 21.7. The summed E-state index contributed by atoms with van der Waals surface area (Å²) >= 11 is 0. The standard InChI is InChI=1S/C23H46O6/c1-2-3-4-5-6-7-8-9-10-11-14-20(25)15-12-13-16-21(26)17-23(28)29-19-22(27)18-24/h20-22,24-27H,2-19H2,1H3/t20-,21-,22?/m1/s1. The highest BCUT2D eigenvalue weighted by Crippen LogP contribution is 2.15. The van der Waals surface area contributed by atoms with Gasteiger partial charge in [-0.05, 0) is 19.3 Å². The van der Waals surface area contributed by atoms with Crippen molar-refractivity contribution in [2.75, 3.05) is 13.2 Å². The monoisotopic (exact) mass is 418 g/mol. The van der Waals surface area contributed by atoms with Gasteiger partial charge in [0.15, 0.2) is 0 Å². The summed E-state index contributed by atoms with van der Waals surface area (Å²) in [6.45, 7) is 1.52. The minimum Gasteiger partial charge on any atom is -0.463 e. The quantitative estimate of drug-likeness (QED) is 0.166. The lowest BCUT2D eigenvalue weighted by molar-refractivity contribution is -0.149. The van der Waals surface area contributed by atoms with E-state index >= 15 is 0 Å². The number of unbranched alkanes of at least 4 members (excludes halogenated alkanes) is 10. The Morgan fingerprint density at radius 3 is 1.66 bits per heavy atom. The predicted molar refractivity (Wildman–Crippen MR) is 116 cm³/mol. The summed E-state index contributed by atoms with van der Waals surface area (Å²) < 4.78 is 4.76. The number of ether oxygens (including phenoxy) is 1. The first-order valence-corrected chi connectivity index (χ1v) is 11.8. The van der Waals surface area contributed by atoms with Crippen molar-refractivity contribution in [1.29, 1.82) is 0 Å². The maximum Gasteiger partial charge on any atom is 0.308 e. The zero-order valence-corrected chi connectivity index (χ0v) is 18.6. The van der Waals surface area contributed by atoms with Crippen LogP contribution in [0.1, 0.15) is 110 Å². The molecule has 1 unspecified atom stereocenters. The number of hydrogen-bond donors (Lipinski definition) is 4. The summed E-state index contributed by atoms with van der Waals surface area (Å²) in [4.78, 5) is 11.5. The molecule has 0 aliphatic carbocycles. The van der Waals surface area contributed by atoms with E-state index in [1.165, 1.54) is 57.8 Å². The van der Waals surface area contributed by atoms with Crippen LogP contribution in [0.15, 0.2) is 0 Å². The van der Waals surface area contributed by atoms with Crippen molar-refractivity contribution in [2.45, 2.75) is 128 Å². The fraction of sp³-hybridized carbons (Fsp3) is 0.957. The third kappa shape index (κ3) is 20.4. The van der Waals surface area contributed by atoms with Gasteiger partial charge in [-0.2, -0.15) is 0 Å². The van der Waals surface area contributed by atoms with E-state index in [1.54, 1.807) is 0 Å². The predicted octanol–water partition coefficient (Wildman–Crippen LogP) is 3.87. The second-order valence-corrected chi connectivity index (χ2v) is 8.29. The van der Waals surface area contributed by atoms with E-state index in [-0.39, 0.29) is 19.1 Å². The molecule has 0 bridgehead atoms. The first-order valence-electron chi connectivity index (χ1n) is 11.8. The summed E-state index contributed by atoms with van der Waals surface area (Å²) in [6.07, 6.45) is 14.4. The maximum atomic E-state index is 11.5. The lowest BCUT2D eigenvalue weighted by Crippen LogP contribution is -2.24. The average Bonchev–Trinajstić information content (AvgIpc) is 2.70. The summed E-state index contributed by atoms with van der Waals surface area (Å²) in [5.74, 6) is -0.578. The highest BCUT2D eigenvalue weighted by Gasteiger charge is 2.14. The van der Waals surface area contributed by atoms with E-state index in [0.29, 0.717) is 6.42 Å². The van der Waals surface area contributed by atoms with Crippen molar-refractivity contribution in [3.05, 3.63) is 0 Å². The van der Waals surface area contributed by atoms with Crippen LogP contribution in [0, 0.1) is 0 Å². The van der Waals surface area contributed by atoms with Crippen LogP contribution < -0.4 is 0 Å². The number of carbonyl (C=O) groups excluding carboxylic acids is 1. The molecule has 0 saturated carbocycles. The molecule has 0 heterocycles. The van der Waals surface area contributed by atoms with E-state index in [0.717, 1.165) is 32.1 Å². The van der Waals surface area contributed by atoms with Crippen LogP contribution in [0.4, 0.5) is 0 Å². The molecule has 6 heteroatoms. The molecular formula is C23H46O6. The minimum absolute atomic E-state index is 0.112. The molecule has 6 nitrogen and oxygen atoms in total. The van der Waals surface area contributed by atoms with Crippen LogP contribution in [0.25, 0.3) is 0 Å². The summed E-state index contributed by atoms with van der Waals surface area (Å²) in [7, 11) is 0. The largest absolute Gasteiger partial charge is 0.463 e. The van der Waals surface area contributed by atoms with E-state index in [1.807, 2.05) is 0 Å². The Kier molecular flexibility index (Phi) is 20.1. The van der Waals surface area contributed by atoms with Crippen molar-refractivity contribution < 1.29 is 30.0 Å². The number of aliphatic hydroxyl groups excluding tert-OH is 4. The molecule has 0 fully saturated rings. The number of hydrogen-bond acceptors (Lipinski definition) is 6. The SMILES string of the molecule is CCCCCCCCCCCC[C@@H](O)CCCC[C@@H](O)CC(=O)OCC(O)CO. The smallest absolute Gasteiger partial charge is 0.308 e. The number of aliphatic hydroxyl groups is 4. The molecule has 0 saturated heterocycles. The highest BCUT2D eigenvalue weighted by molar-refractivity contribution is 5.69. The van der Waals surface area contributed by atoms with Crippen molar-refractivity contribution in [3.8, 4) is 0 Å².